The molecule has 0 radical (unpaired) electrons. The molecule has 1 aliphatic heterocycles. The summed E-state index contributed by atoms with van der Waals surface area (Å²) in [5.41, 5.74) is 1.47. The summed E-state index contributed by atoms with van der Waals surface area (Å²) in [6.45, 7) is 0. The number of aromatic nitrogens is 3. The molecule has 4 rings (SSSR count). The largest absolute Gasteiger partial charge is 0.493 e. The lowest BCUT2D eigenvalue weighted by Crippen LogP contribution is -2.18. The Morgan fingerprint density at radius 1 is 1.19 bits per heavy atom. The SMILES string of the molecule is COc1cccc(-c2noc(-c3ccc(NC4CCSC4)nc3)n2)c1OC. The van der Waals surface area contributed by atoms with E-state index in [1.165, 1.54) is 12.2 Å². The molecule has 1 unspecified atom stereocenters. The van der Waals surface area contributed by atoms with E-state index < -0.39 is 0 Å². The molecule has 0 spiro atoms. The first kappa shape index (κ1) is 17.7. The summed E-state index contributed by atoms with van der Waals surface area (Å²) in [7, 11) is 3.18. The fraction of sp³-hybridized carbons (Fsp3) is 0.316. The van der Waals surface area contributed by atoms with Crippen molar-refractivity contribution >= 4 is 17.6 Å². The molecule has 1 N–H and O–H groups in total. The minimum Gasteiger partial charge on any atom is -0.493 e. The zero-order chi connectivity index (χ0) is 18.6. The highest BCUT2D eigenvalue weighted by Gasteiger charge is 2.18. The summed E-state index contributed by atoms with van der Waals surface area (Å²) >= 11 is 1.96. The third-order valence-electron chi connectivity index (χ3n) is 4.36. The fourth-order valence-electron chi connectivity index (χ4n) is 2.98. The van der Waals surface area contributed by atoms with E-state index in [4.69, 9.17) is 14.0 Å². The number of hydrogen-bond donors (Lipinski definition) is 1. The molecular formula is C19H20N4O3S. The molecule has 0 saturated carbocycles. The van der Waals surface area contributed by atoms with Gasteiger partial charge in [0.05, 0.1) is 25.3 Å². The van der Waals surface area contributed by atoms with Crippen LogP contribution in [0.5, 0.6) is 11.5 Å². The first-order valence-corrected chi connectivity index (χ1v) is 9.79. The van der Waals surface area contributed by atoms with Gasteiger partial charge >= 0.3 is 0 Å². The number of para-hydroxylation sites is 1. The van der Waals surface area contributed by atoms with Gasteiger partial charge in [-0.25, -0.2) is 4.98 Å². The number of anilines is 1. The molecule has 8 heteroatoms. The maximum Gasteiger partial charge on any atom is 0.259 e. The number of nitrogens with zero attached hydrogens (tertiary/aromatic N) is 3. The zero-order valence-electron chi connectivity index (χ0n) is 15.1. The Labute approximate surface area is 161 Å². The lowest BCUT2D eigenvalue weighted by molar-refractivity contribution is 0.355. The number of ether oxygens (including phenoxy) is 2. The summed E-state index contributed by atoms with van der Waals surface area (Å²) in [4.78, 5) is 8.96. The van der Waals surface area contributed by atoms with Crippen LogP contribution < -0.4 is 14.8 Å². The highest BCUT2D eigenvalue weighted by Crippen LogP contribution is 2.37. The first-order chi connectivity index (χ1) is 13.3. The van der Waals surface area contributed by atoms with Crippen LogP contribution in [0.3, 0.4) is 0 Å². The second kappa shape index (κ2) is 7.87. The Hall–Kier alpha value is -2.74. The molecule has 1 aromatic carbocycles. The molecule has 0 bridgehead atoms. The predicted octanol–water partition coefficient (Wildman–Crippen LogP) is 3.73. The van der Waals surface area contributed by atoms with Crippen LogP contribution in [0.15, 0.2) is 41.1 Å². The topological polar surface area (TPSA) is 82.3 Å². The number of thioether (sulfide) groups is 1. The predicted molar refractivity (Wildman–Crippen MR) is 105 cm³/mol. The number of methoxy groups -OCH3 is 2. The molecule has 27 heavy (non-hydrogen) atoms. The normalized spacial score (nSPS) is 16.3. The lowest BCUT2D eigenvalue weighted by atomic mass is 10.1. The number of hydrogen-bond acceptors (Lipinski definition) is 8. The van der Waals surface area contributed by atoms with Gasteiger partial charge in [-0.1, -0.05) is 11.2 Å². The molecule has 1 aliphatic rings. The second-order valence-electron chi connectivity index (χ2n) is 6.10. The Morgan fingerprint density at radius 3 is 2.81 bits per heavy atom. The lowest BCUT2D eigenvalue weighted by Gasteiger charge is -2.11. The highest BCUT2D eigenvalue weighted by atomic mass is 32.2. The summed E-state index contributed by atoms with van der Waals surface area (Å²) in [6.07, 6.45) is 2.91. The van der Waals surface area contributed by atoms with Crippen LogP contribution in [0.25, 0.3) is 22.8 Å². The maximum atomic E-state index is 5.45. The van der Waals surface area contributed by atoms with Crippen molar-refractivity contribution in [2.75, 3.05) is 31.0 Å². The van der Waals surface area contributed by atoms with Gasteiger partial charge in [0, 0.05) is 18.0 Å². The molecule has 1 atom stereocenters. The number of pyridine rings is 1. The van der Waals surface area contributed by atoms with Crippen molar-refractivity contribution in [1.29, 1.82) is 0 Å². The minimum atomic E-state index is 0.408. The maximum absolute atomic E-state index is 5.45. The molecule has 3 heterocycles. The van der Waals surface area contributed by atoms with E-state index in [2.05, 4.69) is 20.4 Å². The van der Waals surface area contributed by atoms with E-state index in [1.54, 1.807) is 20.4 Å². The third kappa shape index (κ3) is 3.71. The fourth-order valence-corrected chi connectivity index (χ4v) is 4.13. The van der Waals surface area contributed by atoms with Gasteiger partial charge in [-0.15, -0.1) is 0 Å². The Bertz CT molecular complexity index is 908. The number of nitrogens with one attached hydrogen (secondary N) is 1. The average Bonchev–Trinajstić information content (AvgIpc) is 3.40. The van der Waals surface area contributed by atoms with Gasteiger partial charge in [0.15, 0.2) is 11.5 Å². The van der Waals surface area contributed by atoms with E-state index in [-0.39, 0.29) is 0 Å². The van der Waals surface area contributed by atoms with E-state index >= 15 is 0 Å². The van der Waals surface area contributed by atoms with E-state index in [9.17, 15) is 0 Å². The molecule has 1 fully saturated rings. The van der Waals surface area contributed by atoms with E-state index in [0.29, 0.717) is 34.8 Å². The van der Waals surface area contributed by atoms with Gasteiger partial charge in [-0.2, -0.15) is 16.7 Å². The zero-order valence-corrected chi connectivity index (χ0v) is 16.0. The van der Waals surface area contributed by atoms with Gasteiger partial charge in [0.25, 0.3) is 5.89 Å². The van der Waals surface area contributed by atoms with Crippen molar-refractivity contribution in [2.45, 2.75) is 12.5 Å². The van der Waals surface area contributed by atoms with Gasteiger partial charge in [-0.3, -0.25) is 0 Å². The first-order valence-electron chi connectivity index (χ1n) is 8.64. The Kier molecular flexibility index (Phi) is 5.15. The average molecular weight is 384 g/mol. The smallest absolute Gasteiger partial charge is 0.259 e. The number of rotatable bonds is 6. The minimum absolute atomic E-state index is 0.408. The Morgan fingerprint density at radius 2 is 2.11 bits per heavy atom. The van der Waals surface area contributed by atoms with E-state index in [0.717, 1.165) is 17.1 Å². The van der Waals surface area contributed by atoms with Gasteiger partial charge in [0.1, 0.15) is 5.82 Å². The van der Waals surface area contributed by atoms with Gasteiger partial charge < -0.3 is 19.3 Å². The van der Waals surface area contributed by atoms with Crippen molar-refractivity contribution in [2.24, 2.45) is 0 Å². The van der Waals surface area contributed by atoms with Crippen LogP contribution in [-0.2, 0) is 0 Å². The standard InChI is InChI=1S/C19H20N4O3S/c1-24-15-5-3-4-14(17(15)25-2)18-22-19(26-23-18)12-6-7-16(20-10-12)21-13-8-9-27-11-13/h3-7,10,13H,8-9,11H2,1-2H3,(H,20,21). The molecule has 3 aromatic rings. The van der Waals surface area contributed by atoms with Crippen molar-refractivity contribution in [1.82, 2.24) is 15.1 Å². The van der Waals surface area contributed by atoms with Crippen LogP contribution in [0.4, 0.5) is 5.82 Å². The van der Waals surface area contributed by atoms with Crippen LogP contribution in [0.2, 0.25) is 0 Å². The van der Waals surface area contributed by atoms with Gasteiger partial charge in [0.2, 0.25) is 5.82 Å². The molecule has 0 amide bonds. The van der Waals surface area contributed by atoms with Crippen LogP contribution >= 0.6 is 11.8 Å². The summed E-state index contributed by atoms with van der Waals surface area (Å²) in [5.74, 6) is 5.22. The van der Waals surface area contributed by atoms with Crippen molar-refractivity contribution in [3.8, 4) is 34.3 Å². The van der Waals surface area contributed by atoms with Crippen molar-refractivity contribution in [3.63, 3.8) is 0 Å². The van der Waals surface area contributed by atoms with Crippen molar-refractivity contribution in [3.05, 3.63) is 36.5 Å². The molecular weight excluding hydrogens is 364 g/mol. The molecule has 140 valence electrons. The highest BCUT2D eigenvalue weighted by molar-refractivity contribution is 7.99. The summed E-state index contributed by atoms with van der Waals surface area (Å²) < 4.78 is 16.2. The summed E-state index contributed by atoms with van der Waals surface area (Å²) in [6, 6.07) is 9.90. The monoisotopic (exact) mass is 384 g/mol. The molecule has 0 aliphatic carbocycles. The van der Waals surface area contributed by atoms with Crippen molar-refractivity contribution < 1.29 is 14.0 Å². The quantitative estimate of drug-likeness (QED) is 0.688. The second-order valence-corrected chi connectivity index (χ2v) is 7.25. The number of benzene rings is 1. The van der Waals surface area contributed by atoms with Gasteiger partial charge in [-0.05, 0) is 36.4 Å². The molecule has 1 saturated heterocycles. The van der Waals surface area contributed by atoms with Crippen LogP contribution in [0.1, 0.15) is 6.42 Å². The Balaban J connectivity index is 1.56. The third-order valence-corrected chi connectivity index (χ3v) is 5.52. The molecule has 7 nitrogen and oxygen atoms in total. The van der Waals surface area contributed by atoms with Crippen LogP contribution in [0, 0.1) is 0 Å². The van der Waals surface area contributed by atoms with Crippen LogP contribution in [-0.4, -0.2) is 46.9 Å². The molecule has 2 aromatic heterocycles. The summed E-state index contributed by atoms with van der Waals surface area (Å²) in [5, 5.41) is 7.53. The van der Waals surface area contributed by atoms with E-state index in [1.807, 2.05) is 42.1 Å².